The Kier molecular flexibility index (Phi) is 8.40. The molecule has 2 N–H and O–H groups in total. The summed E-state index contributed by atoms with van der Waals surface area (Å²) in [5.41, 5.74) is 1.15. The van der Waals surface area contributed by atoms with Crippen LogP contribution in [0, 0.1) is 11.8 Å². The number of nitrogens with one attached hydrogen (secondary N) is 2. The predicted molar refractivity (Wildman–Crippen MR) is 122 cm³/mol. The number of likely N-dealkylation sites (tertiary alicyclic amines) is 1. The summed E-state index contributed by atoms with van der Waals surface area (Å²) < 4.78 is 5.75. The fourth-order valence-electron chi connectivity index (χ4n) is 4.15. The Labute approximate surface area is 181 Å². The number of amides is 1. The SMILES string of the molecule is CCNC(=NCc1ccc(OCC(C)C)cc1)NC1CCN(C(=O)C2CCCC2)C1. The minimum atomic E-state index is 0.262. The van der Waals surface area contributed by atoms with E-state index in [0.717, 1.165) is 62.8 Å². The molecular weight excluding hydrogens is 376 g/mol. The molecule has 0 spiro atoms. The van der Waals surface area contributed by atoms with Crippen LogP contribution in [0.5, 0.6) is 5.75 Å². The van der Waals surface area contributed by atoms with Crippen molar-refractivity contribution in [3.8, 4) is 5.75 Å². The summed E-state index contributed by atoms with van der Waals surface area (Å²) >= 11 is 0. The molecule has 2 aliphatic rings. The zero-order chi connectivity index (χ0) is 21.3. The molecule has 3 rings (SSSR count). The van der Waals surface area contributed by atoms with Crippen molar-refractivity contribution >= 4 is 11.9 Å². The molecule has 1 saturated heterocycles. The predicted octanol–water partition coefficient (Wildman–Crippen LogP) is 3.57. The second-order valence-electron chi connectivity index (χ2n) is 8.94. The highest BCUT2D eigenvalue weighted by atomic mass is 16.5. The highest BCUT2D eigenvalue weighted by Crippen LogP contribution is 2.27. The smallest absolute Gasteiger partial charge is 0.225 e. The molecule has 2 fully saturated rings. The van der Waals surface area contributed by atoms with Gasteiger partial charge in [-0.15, -0.1) is 0 Å². The molecule has 1 aliphatic heterocycles. The van der Waals surface area contributed by atoms with Crippen molar-refractivity contribution in [1.82, 2.24) is 15.5 Å². The first kappa shape index (κ1) is 22.4. The summed E-state index contributed by atoms with van der Waals surface area (Å²) in [5, 5.41) is 6.86. The zero-order valence-electron chi connectivity index (χ0n) is 18.8. The zero-order valence-corrected chi connectivity index (χ0v) is 18.8. The number of hydrogen-bond acceptors (Lipinski definition) is 3. The van der Waals surface area contributed by atoms with E-state index in [0.29, 0.717) is 18.4 Å². The lowest BCUT2D eigenvalue weighted by Gasteiger charge is -2.21. The highest BCUT2D eigenvalue weighted by Gasteiger charge is 2.32. The van der Waals surface area contributed by atoms with Crippen molar-refractivity contribution in [2.45, 2.75) is 65.5 Å². The Bertz CT molecular complexity index is 696. The molecule has 30 heavy (non-hydrogen) atoms. The van der Waals surface area contributed by atoms with E-state index in [-0.39, 0.29) is 12.0 Å². The Morgan fingerprint density at radius 2 is 1.93 bits per heavy atom. The largest absolute Gasteiger partial charge is 0.493 e. The maximum atomic E-state index is 12.7. The first-order valence-corrected chi connectivity index (χ1v) is 11.6. The lowest BCUT2D eigenvalue weighted by Crippen LogP contribution is -2.45. The third kappa shape index (κ3) is 6.64. The second-order valence-corrected chi connectivity index (χ2v) is 8.94. The molecule has 166 valence electrons. The monoisotopic (exact) mass is 414 g/mol. The van der Waals surface area contributed by atoms with E-state index in [2.05, 4.69) is 43.5 Å². The average Bonchev–Trinajstić information content (AvgIpc) is 3.43. The number of ether oxygens (including phenoxy) is 1. The third-order valence-electron chi connectivity index (χ3n) is 5.82. The van der Waals surface area contributed by atoms with Crippen molar-refractivity contribution < 1.29 is 9.53 Å². The van der Waals surface area contributed by atoms with Gasteiger partial charge in [-0.2, -0.15) is 0 Å². The highest BCUT2D eigenvalue weighted by molar-refractivity contribution is 5.81. The van der Waals surface area contributed by atoms with Crippen molar-refractivity contribution in [2.24, 2.45) is 16.8 Å². The van der Waals surface area contributed by atoms with Gasteiger partial charge < -0.3 is 20.3 Å². The Hall–Kier alpha value is -2.24. The minimum Gasteiger partial charge on any atom is -0.493 e. The molecule has 1 aromatic rings. The fraction of sp³-hybridized carbons (Fsp3) is 0.667. The van der Waals surface area contributed by atoms with Crippen LogP contribution in [-0.4, -0.2) is 49.0 Å². The van der Waals surface area contributed by atoms with Gasteiger partial charge >= 0.3 is 0 Å². The molecule has 6 heteroatoms. The number of benzene rings is 1. The minimum absolute atomic E-state index is 0.262. The molecule has 0 bridgehead atoms. The first-order chi connectivity index (χ1) is 14.5. The molecule has 0 aromatic heterocycles. The van der Waals surface area contributed by atoms with Crippen molar-refractivity contribution in [3.63, 3.8) is 0 Å². The van der Waals surface area contributed by atoms with Gasteiger partial charge in [0.05, 0.1) is 13.2 Å². The van der Waals surface area contributed by atoms with Crippen molar-refractivity contribution in [2.75, 3.05) is 26.2 Å². The summed E-state index contributed by atoms with van der Waals surface area (Å²) in [6.45, 7) is 10.1. The van der Waals surface area contributed by atoms with Gasteiger partial charge in [0.2, 0.25) is 5.91 Å². The number of carbonyl (C=O) groups is 1. The number of hydrogen-bond donors (Lipinski definition) is 2. The molecule has 1 aromatic carbocycles. The summed E-state index contributed by atoms with van der Waals surface area (Å²) in [6.07, 6.45) is 5.52. The normalized spacial score (nSPS) is 20.1. The standard InChI is InChI=1S/C24H38N4O2/c1-4-25-24(26-15-19-9-11-22(12-10-19)30-17-18(2)3)27-21-13-14-28(16-21)23(29)20-7-5-6-8-20/h9-12,18,20-21H,4-8,13-17H2,1-3H3,(H2,25,26,27). The molecule has 0 radical (unpaired) electrons. The van der Waals surface area contributed by atoms with Gasteiger partial charge in [0.25, 0.3) is 0 Å². The second kappa shape index (κ2) is 11.2. The molecule has 1 heterocycles. The molecule has 6 nitrogen and oxygen atoms in total. The van der Waals surface area contributed by atoms with E-state index >= 15 is 0 Å². The Morgan fingerprint density at radius 3 is 2.60 bits per heavy atom. The van der Waals surface area contributed by atoms with Crippen LogP contribution in [0.2, 0.25) is 0 Å². The van der Waals surface area contributed by atoms with Gasteiger partial charge in [0.1, 0.15) is 5.75 Å². The molecule has 1 aliphatic carbocycles. The molecule has 1 amide bonds. The van der Waals surface area contributed by atoms with Crippen LogP contribution in [-0.2, 0) is 11.3 Å². The van der Waals surface area contributed by atoms with Gasteiger partial charge in [-0.1, -0.05) is 38.8 Å². The number of aliphatic imine (C=N–C) groups is 1. The van der Waals surface area contributed by atoms with E-state index in [1.807, 2.05) is 17.0 Å². The van der Waals surface area contributed by atoms with E-state index in [4.69, 9.17) is 9.73 Å². The third-order valence-corrected chi connectivity index (χ3v) is 5.82. The van der Waals surface area contributed by atoms with Crippen LogP contribution in [0.4, 0.5) is 0 Å². The van der Waals surface area contributed by atoms with E-state index in [1.54, 1.807) is 0 Å². The summed E-state index contributed by atoms with van der Waals surface area (Å²) in [7, 11) is 0. The van der Waals surface area contributed by atoms with Gasteiger partial charge in [0.15, 0.2) is 5.96 Å². The van der Waals surface area contributed by atoms with Crippen LogP contribution < -0.4 is 15.4 Å². The molecule has 1 unspecified atom stereocenters. The van der Waals surface area contributed by atoms with Gasteiger partial charge in [-0.3, -0.25) is 4.79 Å². The van der Waals surface area contributed by atoms with Crippen molar-refractivity contribution in [1.29, 1.82) is 0 Å². The van der Waals surface area contributed by atoms with Gasteiger partial charge in [0, 0.05) is 31.6 Å². The lowest BCUT2D eigenvalue weighted by molar-refractivity contribution is -0.134. The van der Waals surface area contributed by atoms with E-state index in [1.165, 1.54) is 12.8 Å². The van der Waals surface area contributed by atoms with Crippen LogP contribution >= 0.6 is 0 Å². The summed E-state index contributed by atoms with van der Waals surface area (Å²) in [5.74, 6) is 2.86. The topological polar surface area (TPSA) is 66.0 Å². The Morgan fingerprint density at radius 1 is 1.20 bits per heavy atom. The van der Waals surface area contributed by atoms with Crippen molar-refractivity contribution in [3.05, 3.63) is 29.8 Å². The average molecular weight is 415 g/mol. The maximum absolute atomic E-state index is 12.7. The fourth-order valence-corrected chi connectivity index (χ4v) is 4.15. The molecular formula is C24H38N4O2. The molecule has 1 atom stereocenters. The maximum Gasteiger partial charge on any atom is 0.225 e. The quantitative estimate of drug-likeness (QED) is 0.504. The van der Waals surface area contributed by atoms with Crippen LogP contribution in [0.15, 0.2) is 29.3 Å². The Balaban J connectivity index is 1.50. The van der Waals surface area contributed by atoms with Gasteiger partial charge in [-0.25, -0.2) is 4.99 Å². The van der Waals surface area contributed by atoms with E-state index < -0.39 is 0 Å². The number of carbonyl (C=O) groups excluding carboxylic acids is 1. The van der Waals surface area contributed by atoms with Crippen LogP contribution in [0.3, 0.4) is 0 Å². The van der Waals surface area contributed by atoms with E-state index in [9.17, 15) is 4.79 Å². The lowest BCUT2D eigenvalue weighted by atomic mass is 10.1. The first-order valence-electron chi connectivity index (χ1n) is 11.6. The summed E-state index contributed by atoms with van der Waals surface area (Å²) in [6, 6.07) is 8.43. The number of nitrogens with zero attached hydrogens (tertiary/aromatic N) is 2. The summed E-state index contributed by atoms with van der Waals surface area (Å²) in [4.78, 5) is 19.5. The molecule has 1 saturated carbocycles. The van der Waals surface area contributed by atoms with Gasteiger partial charge in [-0.05, 0) is 49.8 Å². The van der Waals surface area contributed by atoms with Crippen LogP contribution in [0.1, 0.15) is 58.4 Å². The number of guanidine groups is 1. The van der Waals surface area contributed by atoms with Crippen LogP contribution in [0.25, 0.3) is 0 Å². The number of rotatable bonds is 8.